The van der Waals surface area contributed by atoms with Crippen molar-refractivity contribution in [1.82, 2.24) is 14.6 Å². The monoisotopic (exact) mass is 409 g/mol. The number of hydrogen-bond donors (Lipinski definition) is 1. The molecule has 10 heteroatoms. The summed E-state index contributed by atoms with van der Waals surface area (Å²) in [4.78, 5) is 28.5. The van der Waals surface area contributed by atoms with Crippen LogP contribution in [0.25, 0.3) is 0 Å². The predicted molar refractivity (Wildman–Crippen MR) is 102 cm³/mol. The average molecular weight is 410 g/mol. The van der Waals surface area contributed by atoms with Crippen LogP contribution in [0.1, 0.15) is 24.8 Å². The Morgan fingerprint density at radius 2 is 2.19 bits per heavy atom. The summed E-state index contributed by atoms with van der Waals surface area (Å²) in [5.41, 5.74) is 0.954. The van der Waals surface area contributed by atoms with Gasteiger partial charge in [-0.2, -0.15) is 9.64 Å². The molecular formula is C17H20ClN5O3S. The zero-order valence-electron chi connectivity index (χ0n) is 14.7. The highest BCUT2D eigenvalue weighted by Crippen LogP contribution is 2.31. The second-order valence-electron chi connectivity index (χ2n) is 6.26. The van der Waals surface area contributed by atoms with Crippen LogP contribution < -0.4 is 10.2 Å². The molecule has 3 rings (SSSR count). The predicted octanol–water partition coefficient (Wildman–Crippen LogP) is 1.52. The second-order valence-corrected chi connectivity index (χ2v) is 7.37. The zero-order chi connectivity index (χ0) is 19.2. The van der Waals surface area contributed by atoms with Gasteiger partial charge < -0.3 is 19.9 Å². The Bertz CT molecular complexity index is 788. The van der Waals surface area contributed by atoms with Gasteiger partial charge in [0.05, 0.1) is 18.4 Å². The molecule has 0 unspecified atom stereocenters. The molecule has 2 amide bonds. The third-order valence-electron chi connectivity index (χ3n) is 4.48. The number of halogens is 1. The Morgan fingerprint density at radius 1 is 1.33 bits per heavy atom. The molecule has 27 heavy (non-hydrogen) atoms. The first-order chi connectivity index (χ1) is 13.1. The maximum absolute atomic E-state index is 12.8. The molecule has 0 saturated carbocycles. The third kappa shape index (κ3) is 4.70. The number of aromatic nitrogens is 1. The summed E-state index contributed by atoms with van der Waals surface area (Å²) in [5.74, 6) is -0.211. The molecular weight excluding hydrogens is 390 g/mol. The van der Waals surface area contributed by atoms with Crippen molar-refractivity contribution < 1.29 is 14.3 Å². The van der Waals surface area contributed by atoms with E-state index in [9.17, 15) is 14.9 Å². The maximum Gasteiger partial charge on any atom is 0.252 e. The lowest BCUT2D eigenvalue weighted by molar-refractivity contribution is -0.128. The van der Waals surface area contributed by atoms with Crippen molar-refractivity contribution >= 4 is 39.9 Å². The summed E-state index contributed by atoms with van der Waals surface area (Å²) in [7, 11) is 0. The number of nitriles is 1. The van der Waals surface area contributed by atoms with Gasteiger partial charge in [-0.25, -0.2) is 0 Å². The topological polar surface area (TPSA) is 98.6 Å². The van der Waals surface area contributed by atoms with E-state index in [1.54, 1.807) is 4.90 Å². The van der Waals surface area contributed by atoms with E-state index in [4.69, 9.17) is 16.3 Å². The number of nitrogens with zero attached hydrogens (tertiary/aromatic N) is 4. The number of rotatable bonds is 2. The quantitative estimate of drug-likeness (QED) is 0.795. The maximum atomic E-state index is 12.8. The number of amides is 2. The highest BCUT2D eigenvalue weighted by molar-refractivity contribution is 7.10. The molecule has 0 aromatic carbocycles. The van der Waals surface area contributed by atoms with Gasteiger partial charge in [0.25, 0.3) is 5.91 Å². The van der Waals surface area contributed by atoms with E-state index in [1.165, 1.54) is 6.26 Å². The van der Waals surface area contributed by atoms with Crippen LogP contribution >= 0.6 is 23.1 Å². The molecule has 2 aliphatic rings. The van der Waals surface area contributed by atoms with Crippen LogP contribution in [0.2, 0.25) is 5.15 Å². The number of carbonyl (C=O) groups excluding carboxylic acids is 2. The van der Waals surface area contributed by atoms with E-state index in [0.717, 1.165) is 18.0 Å². The van der Waals surface area contributed by atoms with Crippen LogP contribution in [0.3, 0.4) is 0 Å². The van der Waals surface area contributed by atoms with E-state index in [2.05, 4.69) is 15.8 Å². The molecule has 0 aliphatic carbocycles. The summed E-state index contributed by atoms with van der Waals surface area (Å²) < 4.78 is 9.33. The fraction of sp³-hybridized carbons (Fsp3) is 0.529. The molecule has 1 fully saturated rings. The average Bonchev–Trinajstić information content (AvgIpc) is 3.07. The van der Waals surface area contributed by atoms with Crippen molar-refractivity contribution in [3.8, 4) is 6.07 Å². The number of hydrogen-bond acceptors (Lipinski definition) is 7. The number of ether oxygens (including phenoxy) is 1. The number of carbonyl (C=O) groups is 2. The smallest absolute Gasteiger partial charge is 0.252 e. The second kappa shape index (κ2) is 9.06. The lowest BCUT2D eigenvalue weighted by atomic mass is 10.1. The fourth-order valence-corrected chi connectivity index (χ4v) is 4.10. The van der Waals surface area contributed by atoms with Gasteiger partial charge in [-0.05, 0) is 24.4 Å². The molecule has 1 N–H and O–H groups in total. The molecule has 1 aromatic heterocycles. The van der Waals surface area contributed by atoms with Gasteiger partial charge >= 0.3 is 0 Å². The standard InChI is InChI=1S/C17H20ClN5O3S/c18-15-13(10-19)17(27-21-15)23-6-4-20-14(24)3-5-22(7-8-23)16(25)12-2-1-9-26-11-12/h11H,1-9H2,(H,20,24). The van der Waals surface area contributed by atoms with E-state index in [-0.39, 0.29) is 23.4 Å². The van der Waals surface area contributed by atoms with E-state index >= 15 is 0 Å². The van der Waals surface area contributed by atoms with E-state index < -0.39 is 0 Å². The first-order valence-electron chi connectivity index (χ1n) is 8.77. The molecule has 144 valence electrons. The Kier molecular flexibility index (Phi) is 6.53. The summed E-state index contributed by atoms with van der Waals surface area (Å²) in [5, 5.41) is 13.0. The summed E-state index contributed by atoms with van der Waals surface area (Å²) in [6.07, 6.45) is 3.27. The van der Waals surface area contributed by atoms with Crippen LogP contribution in [0.5, 0.6) is 0 Å². The molecule has 1 saturated heterocycles. The first-order valence-corrected chi connectivity index (χ1v) is 9.92. The van der Waals surface area contributed by atoms with Crippen LogP contribution in [-0.4, -0.2) is 60.4 Å². The van der Waals surface area contributed by atoms with Gasteiger partial charge in [0.1, 0.15) is 16.6 Å². The van der Waals surface area contributed by atoms with Crippen LogP contribution in [0.4, 0.5) is 5.00 Å². The molecule has 8 nitrogen and oxygen atoms in total. The van der Waals surface area contributed by atoms with Crippen molar-refractivity contribution in [2.45, 2.75) is 19.3 Å². The van der Waals surface area contributed by atoms with Crippen molar-refractivity contribution in [1.29, 1.82) is 5.26 Å². The Labute approximate surface area is 166 Å². The normalized spacial score (nSPS) is 18.8. The van der Waals surface area contributed by atoms with Crippen LogP contribution in [0.15, 0.2) is 11.8 Å². The van der Waals surface area contributed by atoms with Gasteiger partial charge in [0, 0.05) is 39.1 Å². The van der Waals surface area contributed by atoms with E-state index in [1.807, 2.05) is 4.90 Å². The molecule has 0 atom stereocenters. The van der Waals surface area contributed by atoms with Gasteiger partial charge in [-0.1, -0.05) is 11.6 Å². The third-order valence-corrected chi connectivity index (χ3v) is 5.76. The minimum absolute atomic E-state index is 0.105. The molecule has 0 bridgehead atoms. The van der Waals surface area contributed by atoms with Crippen molar-refractivity contribution in [3.63, 3.8) is 0 Å². The lowest BCUT2D eigenvalue weighted by Gasteiger charge is -2.30. The van der Waals surface area contributed by atoms with E-state index in [0.29, 0.717) is 61.9 Å². The van der Waals surface area contributed by atoms with Gasteiger partial charge in [-0.15, -0.1) is 0 Å². The molecule has 1 aromatic rings. The highest BCUT2D eigenvalue weighted by Gasteiger charge is 2.24. The summed E-state index contributed by atoms with van der Waals surface area (Å²) >= 11 is 7.14. The largest absolute Gasteiger partial charge is 0.501 e. The molecule has 0 radical (unpaired) electrons. The fourth-order valence-electron chi connectivity index (χ4n) is 3.02. The number of nitrogens with one attached hydrogen (secondary N) is 1. The molecule has 0 spiro atoms. The lowest BCUT2D eigenvalue weighted by Crippen LogP contribution is -2.45. The summed E-state index contributed by atoms with van der Waals surface area (Å²) in [6, 6.07) is 2.08. The first kappa shape index (κ1) is 19.5. The van der Waals surface area contributed by atoms with Gasteiger partial charge in [0.2, 0.25) is 5.91 Å². The number of anilines is 1. The highest BCUT2D eigenvalue weighted by atomic mass is 35.5. The Morgan fingerprint density at radius 3 is 2.93 bits per heavy atom. The SMILES string of the molecule is N#Cc1c(Cl)nsc1N1CCNC(=O)CCN(C(=O)C2=COCCC2)CC1. The molecule has 3 heterocycles. The minimum atomic E-state index is -0.106. The van der Waals surface area contributed by atoms with Gasteiger partial charge in [0.15, 0.2) is 5.15 Å². The van der Waals surface area contributed by atoms with Crippen LogP contribution in [-0.2, 0) is 14.3 Å². The van der Waals surface area contributed by atoms with Crippen LogP contribution in [0, 0.1) is 11.3 Å². The van der Waals surface area contributed by atoms with Gasteiger partial charge in [-0.3, -0.25) is 9.59 Å². The van der Waals surface area contributed by atoms with Crippen molar-refractivity contribution in [2.75, 3.05) is 44.2 Å². The minimum Gasteiger partial charge on any atom is -0.501 e. The van der Waals surface area contributed by atoms with Crippen molar-refractivity contribution in [2.24, 2.45) is 0 Å². The Hall–Kier alpha value is -2.31. The Balaban J connectivity index is 1.79. The molecule has 2 aliphatic heterocycles. The van der Waals surface area contributed by atoms with Crippen molar-refractivity contribution in [3.05, 3.63) is 22.6 Å². The summed E-state index contributed by atoms with van der Waals surface area (Å²) in [6.45, 7) is 2.87. The zero-order valence-corrected chi connectivity index (χ0v) is 16.3.